The van der Waals surface area contributed by atoms with Gasteiger partial charge >= 0.3 is 41.5 Å². The Morgan fingerprint density at radius 1 is 0.490 bits per heavy atom. The molecule has 0 atom stereocenters. The van der Waals surface area contributed by atoms with Crippen LogP contribution < -0.4 is 0 Å². The van der Waals surface area contributed by atoms with Gasteiger partial charge in [-0.2, -0.15) is 63.4 Å². The summed E-state index contributed by atoms with van der Waals surface area (Å²) in [6.07, 6.45) is 6.87. The molecule has 0 fully saturated rings. The van der Waals surface area contributed by atoms with Gasteiger partial charge in [-0.1, -0.05) is 63.0 Å². The second kappa shape index (κ2) is 14.5. The molecule has 0 N–H and O–H groups in total. The number of benzene rings is 4. The molecule has 0 aliphatic rings. The standard InChI is InChI=1S/C43H32N6.Pd.Pt/c1-42(2,31-13-9-11-29(25-31)37-15-5-7-21-44-37)33-17-19-35-36-20-18-34(28-40(36)49(39(35)27-33)41-46-23-24-47-48-41)43(3,4)32-14-10-12-30(26-32)38-16-6-8-22-45-38;;/h5-24H,1-4H3;;/q-4;2*+2. The molecule has 4 aromatic heterocycles. The van der Waals surface area contributed by atoms with Crippen LogP contribution in [0.5, 0.6) is 0 Å². The predicted octanol–water partition coefficient (Wildman–Crippen LogP) is 8.94. The first-order chi connectivity index (χ1) is 23.8. The van der Waals surface area contributed by atoms with E-state index in [0.717, 1.165) is 66.6 Å². The molecule has 8 heteroatoms. The molecule has 4 aromatic carbocycles. The number of rotatable bonds is 7. The fourth-order valence-electron chi connectivity index (χ4n) is 6.44. The first-order valence-electron chi connectivity index (χ1n) is 16.3. The number of aromatic nitrogens is 6. The Morgan fingerprint density at radius 2 is 0.980 bits per heavy atom. The number of hydrogen-bond acceptors (Lipinski definition) is 5. The quantitative estimate of drug-likeness (QED) is 0.118. The fourth-order valence-corrected chi connectivity index (χ4v) is 6.44. The van der Waals surface area contributed by atoms with Crippen LogP contribution in [0, 0.1) is 24.3 Å². The Balaban J connectivity index is 0.00000224. The van der Waals surface area contributed by atoms with Gasteiger partial charge in [0.2, 0.25) is 0 Å². The Morgan fingerprint density at radius 3 is 1.41 bits per heavy atom. The second-order valence-electron chi connectivity index (χ2n) is 13.2. The van der Waals surface area contributed by atoms with Crippen molar-refractivity contribution in [2.45, 2.75) is 38.5 Å². The average molecular weight is 934 g/mol. The van der Waals surface area contributed by atoms with Gasteiger partial charge in [-0.25, -0.2) is 4.98 Å². The van der Waals surface area contributed by atoms with E-state index in [2.05, 4.69) is 126 Å². The summed E-state index contributed by atoms with van der Waals surface area (Å²) in [5.74, 6) is 0.465. The summed E-state index contributed by atoms with van der Waals surface area (Å²) in [6, 6.07) is 47.8. The molecule has 0 saturated carbocycles. The molecule has 0 unspecified atom stereocenters. The zero-order valence-electron chi connectivity index (χ0n) is 28.4. The molecule has 0 saturated heterocycles. The van der Waals surface area contributed by atoms with Gasteiger partial charge in [0.1, 0.15) is 0 Å². The summed E-state index contributed by atoms with van der Waals surface area (Å²) < 4.78 is 2.03. The average Bonchev–Trinajstić information content (AvgIpc) is 3.49. The van der Waals surface area contributed by atoms with Crippen molar-refractivity contribution >= 4 is 21.8 Å². The van der Waals surface area contributed by atoms with Crippen LogP contribution >= 0.6 is 0 Å². The molecule has 4 heterocycles. The van der Waals surface area contributed by atoms with E-state index < -0.39 is 10.8 Å². The van der Waals surface area contributed by atoms with Gasteiger partial charge in [-0.3, -0.25) is 0 Å². The van der Waals surface area contributed by atoms with Gasteiger partial charge in [0.05, 0.1) is 12.4 Å². The summed E-state index contributed by atoms with van der Waals surface area (Å²) >= 11 is 0. The maximum Gasteiger partial charge on any atom is 2.00 e. The summed E-state index contributed by atoms with van der Waals surface area (Å²) in [5.41, 5.74) is 8.73. The number of pyridine rings is 2. The van der Waals surface area contributed by atoms with Gasteiger partial charge in [0.15, 0.2) is 0 Å². The van der Waals surface area contributed by atoms with Crippen molar-refractivity contribution in [1.82, 2.24) is 29.7 Å². The van der Waals surface area contributed by atoms with Crippen LogP contribution in [-0.2, 0) is 52.3 Å². The molecule has 0 spiro atoms. The molecule has 0 aliphatic carbocycles. The minimum absolute atomic E-state index is 0. The summed E-state index contributed by atoms with van der Waals surface area (Å²) in [7, 11) is 0. The summed E-state index contributed by atoms with van der Waals surface area (Å²) in [6.45, 7) is 8.81. The van der Waals surface area contributed by atoms with Crippen molar-refractivity contribution in [3.63, 3.8) is 0 Å². The molecule has 6 nitrogen and oxygen atoms in total. The largest absolute Gasteiger partial charge is 2.00 e. The Kier molecular flexibility index (Phi) is 10.3. The normalized spacial score (nSPS) is 11.6. The van der Waals surface area contributed by atoms with Crippen molar-refractivity contribution in [2.75, 3.05) is 0 Å². The third-order valence-corrected chi connectivity index (χ3v) is 9.42. The van der Waals surface area contributed by atoms with E-state index in [0.29, 0.717) is 5.95 Å². The Hall–Kier alpha value is -4.66. The van der Waals surface area contributed by atoms with Crippen molar-refractivity contribution in [1.29, 1.82) is 0 Å². The first-order valence-corrected chi connectivity index (χ1v) is 16.3. The first kappa shape index (κ1) is 36.1. The minimum atomic E-state index is -0.415. The van der Waals surface area contributed by atoms with Gasteiger partial charge in [0, 0.05) is 12.4 Å². The maximum absolute atomic E-state index is 4.63. The molecule has 0 radical (unpaired) electrons. The molecular weight excluding hydrogens is 902 g/mol. The van der Waals surface area contributed by atoms with Gasteiger partial charge in [-0.05, 0) is 34.4 Å². The fraction of sp³-hybridized carbons (Fsp3) is 0.140. The minimum Gasteiger partial charge on any atom is -0.327 e. The van der Waals surface area contributed by atoms with Crippen molar-refractivity contribution in [2.24, 2.45) is 0 Å². The van der Waals surface area contributed by atoms with Crippen LogP contribution in [0.2, 0.25) is 0 Å². The molecule has 0 bridgehead atoms. The molecule has 254 valence electrons. The van der Waals surface area contributed by atoms with Crippen LogP contribution in [0.15, 0.2) is 122 Å². The maximum atomic E-state index is 4.63. The van der Waals surface area contributed by atoms with E-state index in [9.17, 15) is 0 Å². The summed E-state index contributed by atoms with van der Waals surface area (Å²) in [4.78, 5) is 13.7. The number of hydrogen-bond donors (Lipinski definition) is 0. The van der Waals surface area contributed by atoms with E-state index in [4.69, 9.17) is 0 Å². The van der Waals surface area contributed by atoms with E-state index in [1.54, 1.807) is 12.4 Å². The topological polar surface area (TPSA) is 69.4 Å². The van der Waals surface area contributed by atoms with E-state index >= 15 is 0 Å². The Labute approximate surface area is 326 Å². The van der Waals surface area contributed by atoms with Gasteiger partial charge < -0.3 is 14.5 Å². The van der Waals surface area contributed by atoms with Crippen LogP contribution in [0.4, 0.5) is 0 Å². The Bertz CT molecular complexity index is 2290. The van der Waals surface area contributed by atoms with Gasteiger partial charge in [0.25, 0.3) is 5.95 Å². The predicted molar refractivity (Wildman–Crippen MR) is 193 cm³/mol. The monoisotopic (exact) mass is 933 g/mol. The van der Waals surface area contributed by atoms with Crippen LogP contribution in [-0.4, -0.2) is 29.7 Å². The zero-order valence-corrected chi connectivity index (χ0v) is 32.2. The third-order valence-electron chi connectivity index (χ3n) is 9.42. The van der Waals surface area contributed by atoms with E-state index in [1.807, 2.05) is 65.5 Å². The molecule has 0 amide bonds. The number of fused-ring (bicyclic) bond motifs is 3. The van der Waals surface area contributed by atoms with E-state index in [1.165, 1.54) is 0 Å². The van der Waals surface area contributed by atoms with E-state index in [-0.39, 0.29) is 41.5 Å². The SMILES string of the molecule is CC(C)(c1[c-]c(-c2ccccn2)ccc1)c1[c-]c2c(cc1)c1ccc(C(C)(C)c3[c-]c(-c4ccccn4)ccc3)[c-]c1n2-c1nccnn1.[Pd+2].[Pt+2]. The van der Waals surface area contributed by atoms with Crippen molar-refractivity contribution in [3.8, 4) is 28.5 Å². The van der Waals surface area contributed by atoms with Crippen molar-refractivity contribution < 1.29 is 41.5 Å². The molecule has 0 aliphatic heterocycles. The number of nitrogens with zero attached hydrogens (tertiary/aromatic N) is 6. The summed E-state index contributed by atoms with van der Waals surface area (Å²) in [5, 5.41) is 10.7. The van der Waals surface area contributed by atoms with Crippen LogP contribution in [0.3, 0.4) is 0 Å². The van der Waals surface area contributed by atoms with Crippen molar-refractivity contribution in [3.05, 3.63) is 168 Å². The molecular formula is C43H32N6PdPt. The van der Waals surface area contributed by atoms with Gasteiger partial charge in [-0.15, -0.1) is 75.9 Å². The molecule has 8 aromatic rings. The zero-order chi connectivity index (χ0) is 33.6. The second-order valence-corrected chi connectivity index (χ2v) is 13.2. The third kappa shape index (κ3) is 6.63. The van der Waals surface area contributed by atoms with Crippen LogP contribution in [0.1, 0.15) is 49.9 Å². The smallest absolute Gasteiger partial charge is 0.327 e. The van der Waals surface area contributed by atoms with Crippen LogP contribution in [0.25, 0.3) is 50.3 Å². The molecule has 8 rings (SSSR count). The molecule has 51 heavy (non-hydrogen) atoms.